The number of piperidine rings is 1. The van der Waals surface area contributed by atoms with Gasteiger partial charge in [-0.15, -0.1) is 0 Å². The number of rotatable bonds is 4. The predicted octanol–water partition coefficient (Wildman–Crippen LogP) is 2.20. The number of likely N-dealkylation sites (tertiary alicyclic amines) is 1. The van der Waals surface area contributed by atoms with Crippen molar-refractivity contribution in [2.24, 2.45) is 0 Å². The predicted molar refractivity (Wildman–Crippen MR) is 93.8 cm³/mol. The Hall–Kier alpha value is -1.92. The fraction of sp³-hybridized carbons (Fsp3) is 0.412. The summed E-state index contributed by atoms with van der Waals surface area (Å²) in [6, 6.07) is 7.57. The topological polar surface area (TPSA) is 44.8 Å². The van der Waals surface area contributed by atoms with E-state index in [9.17, 15) is 4.79 Å². The van der Waals surface area contributed by atoms with Gasteiger partial charge in [0, 0.05) is 0 Å². The zero-order valence-corrected chi connectivity index (χ0v) is 14.1. The zero-order chi connectivity index (χ0) is 16.2. The van der Waals surface area contributed by atoms with Crippen LogP contribution in [0.3, 0.4) is 0 Å². The number of carbonyl (C=O) groups is 1. The molecule has 0 atom stereocenters. The molecule has 0 unspecified atom stereocenters. The van der Waals surface area contributed by atoms with Gasteiger partial charge in [0.25, 0.3) is 5.91 Å². The highest BCUT2D eigenvalue weighted by molar-refractivity contribution is 7.80. The van der Waals surface area contributed by atoms with Gasteiger partial charge in [-0.05, 0) is 61.9 Å². The lowest BCUT2D eigenvalue weighted by Crippen LogP contribution is -2.43. The number of amides is 1. The van der Waals surface area contributed by atoms with E-state index in [1.165, 1.54) is 19.3 Å². The molecular formula is C17H21N3O2S. The average molecular weight is 331 g/mol. The lowest BCUT2D eigenvalue weighted by atomic mass is 10.1. The molecule has 1 N–H and O–H groups in total. The standard InChI is InChI=1S/C17H21N3O2S/c1-22-14-7-5-13(6-8-14)11-15-16(21)20(17(23)18-15)12-19-9-3-2-4-10-19/h5-8,11H,2-4,9-10,12H2,1H3,(H,18,23)/b15-11+. The Morgan fingerprint density at radius 1 is 1.22 bits per heavy atom. The highest BCUT2D eigenvalue weighted by Gasteiger charge is 2.32. The summed E-state index contributed by atoms with van der Waals surface area (Å²) in [6.45, 7) is 2.64. The van der Waals surface area contributed by atoms with E-state index >= 15 is 0 Å². The molecule has 0 aromatic heterocycles. The third kappa shape index (κ3) is 3.71. The molecule has 1 aromatic carbocycles. The van der Waals surface area contributed by atoms with Gasteiger partial charge in [0.2, 0.25) is 0 Å². The van der Waals surface area contributed by atoms with Gasteiger partial charge in [0.15, 0.2) is 5.11 Å². The number of nitrogens with zero attached hydrogens (tertiary/aromatic N) is 2. The fourth-order valence-corrected chi connectivity index (χ4v) is 3.12. The summed E-state index contributed by atoms with van der Waals surface area (Å²) in [5.41, 5.74) is 1.46. The molecule has 2 heterocycles. The van der Waals surface area contributed by atoms with Gasteiger partial charge in [0.05, 0.1) is 13.8 Å². The molecule has 2 aliphatic rings. The van der Waals surface area contributed by atoms with Crippen molar-refractivity contribution in [2.75, 3.05) is 26.9 Å². The molecule has 2 fully saturated rings. The van der Waals surface area contributed by atoms with Crippen LogP contribution < -0.4 is 10.1 Å². The molecule has 2 saturated heterocycles. The molecule has 2 aliphatic heterocycles. The van der Waals surface area contributed by atoms with Crippen molar-refractivity contribution < 1.29 is 9.53 Å². The molecule has 6 heteroatoms. The van der Waals surface area contributed by atoms with Crippen LogP contribution >= 0.6 is 12.2 Å². The van der Waals surface area contributed by atoms with Crippen LogP contribution in [0.4, 0.5) is 0 Å². The third-order valence-corrected chi connectivity index (χ3v) is 4.50. The van der Waals surface area contributed by atoms with Crippen LogP contribution in [-0.2, 0) is 4.79 Å². The number of carbonyl (C=O) groups excluding carboxylic acids is 1. The molecule has 0 radical (unpaired) electrons. The number of ether oxygens (including phenoxy) is 1. The van der Waals surface area contributed by atoms with Gasteiger partial charge in [-0.1, -0.05) is 18.6 Å². The van der Waals surface area contributed by atoms with Crippen molar-refractivity contribution in [3.63, 3.8) is 0 Å². The summed E-state index contributed by atoms with van der Waals surface area (Å²) < 4.78 is 5.14. The normalized spacial score (nSPS) is 20.9. The van der Waals surface area contributed by atoms with Crippen molar-refractivity contribution in [1.29, 1.82) is 0 Å². The van der Waals surface area contributed by atoms with Crippen molar-refractivity contribution in [3.05, 3.63) is 35.5 Å². The molecule has 0 bridgehead atoms. The number of methoxy groups -OCH3 is 1. The second-order valence-electron chi connectivity index (χ2n) is 5.81. The molecule has 5 nitrogen and oxygen atoms in total. The van der Waals surface area contributed by atoms with E-state index in [-0.39, 0.29) is 5.91 Å². The summed E-state index contributed by atoms with van der Waals surface area (Å²) >= 11 is 5.33. The van der Waals surface area contributed by atoms with Crippen molar-refractivity contribution in [3.8, 4) is 5.75 Å². The van der Waals surface area contributed by atoms with Gasteiger partial charge >= 0.3 is 0 Å². The lowest BCUT2D eigenvalue weighted by Gasteiger charge is -2.29. The Balaban J connectivity index is 1.70. The first kappa shape index (κ1) is 16.0. The van der Waals surface area contributed by atoms with Crippen LogP contribution in [0.1, 0.15) is 24.8 Å². The van der Waals surface area contributed by atoms with Crippen molar-refractivity contribution in [2.45, 2.75) is 19.3 Å². The van der Waals surface area contributed by atoms with E-state index in [1.54, 1.807) is 12.0 Å². The maximum atomic E-state index is 12.6. The van der Waals surface area contributed by atoms with Gasteiger partial charge in [-0.3, -0.25) is 14.6 Å². The number of benzene rings is 1. The second-order valence-corrected chi connectivity index (χ2v) is 6.20. The van der Waals surface area contributed by atoms with E-state index in [0.29, 0.717) is 17.5 Å². The summed E-state index contributed by atoms with van der Waals surface area (Å²) in [6.07, 6.45) is 5.48. The minimum Gasteiger partial charge on any atom is -0.497 e. The molecule has 0 aliphatic carbocycles. The molecule has 3 rings (SSSR count). The molecular weight excluding hydrogens is 310 g/mol. The summed E-state index contributed by atoms with van der Waals surface area (Å²) in [5, 5.41) is 3.52. The van der Waals surface area contributed by atoms with Gasteiger partial charge in [-0.25, -0.2) is 0 Å². The van der Waals surface area contributed by atoms with Crippen LogP contribution in [0.2, 0.25) is 0 Å². The zero-order valence-electron chi connectivity index (χ0n) is 13.2. The highest BCUT2D eigenvalue weighted by atomic mass is 32.1. The number of hydrogen-bond donors (Lipinski definition) is 1. The first-order valence-electron chi connectivity index (χ1n) is 7.88. The van der Waals surface area contributed by atoms with Crippen molar-refractivity contribution in [1.82, 2.24) is 15.1 Å². The van der Waals surface area contributed by atoms with Crippen LogP contribution in [0.5, 0.6) is 5.75 Å². The van der Waals surface area contributed by atoms with Crippen LogP contribution in [0.15, 0.2) is 30.0 Å². The van der Waals surface area contributed by atoms with E-state index in [4.69, 9.17) is 17.0 Å². The van der Waals surface area contributed by atoms with Crippen molar-refractivity contribution >= 4 is 29.3 Å². The quantitative estimate of drug-likeness (QED) is 0.677. The van der Waals surface area contributed by atoms with Gasteiger partial charge < -0.3 is 10.1 Å². The molecule has 23 heavy (non-hydrogen) atoms. The monoisotopic (exact) mass is 331 g/mol. The highest BCUT2D eigenvalue weighted by Crippen LogP contribution is 2.18. The minimum atomic E-state index is -0.0589. The smallest absolute Gasteiger partial charge is 0.277 e. The van der Waals surface area contributed by atoms with Crippen LogP contribution in [0.25, 0.3) is 6.08 Å². The first-order chi connectivity index (χ1) is 11.2. The first-order valence-corrected chi connectivity index (χ1v) is 8.29. The summed E-state index contributed by atoms with van der Waals surface area (Å²) in [7, 11) is 1.63. The summed E-state index contributed by atoms with van der Waals surface area (Å²) in [5.74, 6) is 0.733. The average Bonchev–Trinajstić information content (AvgIpc) is 2.84. The lowest BCUT2D eigenvalue weighted by molar-refractivity contribution is -0.123. The SMILES string of the molecule is COc1ccc(/C=C2/NC(=S)N(CN3CCCCC3)C2=O)cc1. The van der Waals surface area contributed by atoms with Gasteiger partial charge in [0.1, 0.15) is 11.4 Å². The number of nitrogens with one attached hydrogen (secondary N) is 1. The minimum absolute atomic E-state index is 0.0589. The molecule has 0 spiro atoms. The Morgan fingerprint density at radius 3 is 2.57 bits per heavy atom. The fourth-order valence-electron chi connectivity index (χ4n) is 2.87. The maximum absolute atomic E-state index is 12.6. The van der Waals surface area contributed by atoms with Gasteiger partial charge in [-0.2, -0.15) is 0 Å². The Morgan fingerprint density at radius 2 is 1.91 bits per heavy atom. The van der Waals surface area contributed by atoms with Crippen LogP contribution in [-0.4, -0.2) is 47.7 Å². The largest absolute Gasteiger partial charge is 0.497 e. The van der Waals surface area contributed by atoms with Crippen LogP contribution in [0, 0.1) is 0 Å². The van der Waals surface area contributed by atoms with E-state index in [1.807, 2.05) is 30.3 Å². The Labute approximate surface area is 141 Å². The van der Waals surface area contributed by atoms with E-state index < -0.39 is 0 Å². The second kappa shape index (κ2) is 7.10. The molecule has 1 aromatic rings. The Kier molecular flexibility index (Phi) is 4.93. The maximum Gasteiger partial charge on any atom is 0.277 e. The van der Waals surface area contributed by atoms with E-state index in [0.717, 1.165) is 24.4 Å². The summed E-state index contributed by atoms with van der Waals surface area (Å²) in [4.78, 5) is 16.5. The van der Waals surface area contributed by atoms with E-state index in [2.05, 4.69) is 10.2 Å². The number of thiocarbonyl (C=S) groups is 1. The molecule has 1 amide bonds. The molecule has 0 saturated carbocycles. The number of hydrogen-bond acceptors (Lipinski definition) is 4. The third-order valence-electron chi connectivity index (χ3n) is 4.18. The molecule has 122 valence electrons. The Bertz CT molecular complexity index is 621.